The maximum absolute atomic E-state index is 11.9. The number of nitrogens with zero attached hydrogens (tertiary/aromatic N) is 2. The Morgan fingerprint density at radius 1 is 1.31 bits per heavy atom. The molecule has 0 aromatic heterocycles. The van der Waals surface area contributed by atoms with Gasteiger partial charge in [-0.05, 0) is 11.8 Å². The molecule has 1 rings (SSSR count). The predicted octanol–water partition coefficient (Wildman–Crippen LogP) is 1.47. The van der Waals surface area contributed by atoms with Gasteiger partial charge >= 0.3 is 0 Å². The van der Waals surface area contributed by atoms with Gasteiger partial charge in [0.25, 0.3) is 10.2 Å². The molecule has 0 unspecified atom stereocenters. The van der Waals surface area contributed by atoms with Crippen LogP contribution in [0.4, 0.5) is 0 Å². The molecule has 0 N–H and O–H groups in total. The summed E-state index contributed by atoms with van der Waals surface area (Å²) in [5.41, 5.74) is 1.49. The number of hydrogen-bond acceptors (Lipinski definition) is 2. The second-order valence-electron chi connectivity index (χ2n) is 5.38. The first kappa shape index (κ1) is 13.7. The molecule has 0 aromatic rings. The Morgan fingerprint density at radius 3 is 2.19 bits per heavy atom. The molecule has 5 heteroatoms. The Morgan fingerprint density at radius 2 is 1.88 bits per heavy atom. The van der Waals surface area contributed by atoms with Crippen LogP contribution in [0.2, 0.25) is 0 Å². The van der Waals surface area contributed by atoms with Gasteiger partial charge in [-0.2, -0.15) is 17.0 Å². The van der Waals surface area contributed by atoms with E-state index in [1.165, 1.54) is 14.2 Å². The predicted molar refractivity (Wildman–Crippen MR) is 66.3 cm³/mol. The largest absolute Gasteiger partial charge is 0.281 e. The highest BCUT2D eigenvalue weighted by molar-refractivity contribution is 7.86. The molecule has 94 valence electrons. The molecule has 0 saturated carbocycles. The van der Waals surface area contributed by atoms with Crippen molar-refractivity contribution in [2.24, 2.45) is 5.41 Å². The third kappa shape index (κ3) is 2.84. The number of hydrogen-bond donors (Lipinski definition) is 0. The fourth-order valence-corrected chi connectivity index (χ4v) is 2.82. The van der Waals surface area contributed by atoms with Gasteiger partial charge in [0, 0.05) is 27.2 Å². The zero-order valence-electron chi connectivity index (χ0n) is 10.8. The van der Waals surface area contributed by atoms with Crippen LogP contribution in [0.5, 0.6) is 0 Å². The van der Waals surface area contributed by atoms with Crippen LogP contribution in [0.1, 0.15) is 27.2 Å². The monoisotopic (exact) mass is 246 g/mol. The molecule has 1 heterocycles. The maximum atomic E-state index is 11.9. The Labute approximate surface area is 99.1 Å². The molecule has 0 aliphatic carbocycles. The molecule has 1 aliphatic rings. The molecule has 0 aromatic carbocycles. The summed E-state index contributed by atoms with van der Waals surface area (Å²) in [6, 6.07) is 0. The lowest BCUT2D eigenvalue weighted by Gasteiger charge is -2.32. The van der Waals surface area contributed by atoms with Gasteiger partial charge in [0.15, 0.2) is 0 Å². The standard InChI is InChI=1S/C11H22N2O2S/c1-11(2,3)10-6-8-13(9-7-10)16(14,15)12(4)5/h6H,7-9H2,1-5H3. The molecule has 0 fully saturated rings. The molecule has 0 spiro atoms. The van der Waals surface area contributed by atoms with E-state index in [1.807, 2.05) is 6.08 Å². The molecular weight excluding hydrogens is 224 g/mol. The molecule has 0 atom stereocenters. The van der Waals surface area contributed by atoms with E-state index in [2.05, 4.69) is 20.8 Å². The van der Waals surface area contributed by atoms with Crippen molar-refractivity contribution in [3.05, 3.63) is 11.6 Å². The van der Waals surface area contributed by atoms with Crippen molar-refractivity contribution in [2.75, 3.05) is 27.2 Å². The average molecular weight is 246 g/mol. The van der Waals surface area contributed by atoms with Crippen molar-refractivity contribution >= 4 is 10.2 Å². The minimum absolute atomic E-state index is 0.147. The Kier molecular flexibility index (Phi) is 3.82. The fourth-order valence-electron chi connectivity index (χ4n) is 1.77. The van der Waals surface area contributed by atoms with E-state index in [4.69, 9.17) is 0 Å². The van der Waals surface area contributed by atoms with Crippen LogP contribution in [0.25, 0.3) is 0 Å². The molecular formula is C11H22N2O2S. The van der Waals surface area contributed by atoms with E-state index < -0.39 is 10.2 Å². The van der Waals surface area contributed by atoms with E-state index in [-0.39, 0.29) is 5.41 Å². The van der Waals surface area contributed by atoms with Crippen LogP contribution in [0, 0.1) is 5.41 Å². The molecule has 4 nitrogen and oxygen atoms in total. The van der Waals surface area contributed by atoms with Crippen LogP contribution in [0.15, 0.2) is 11.6 Å². The van der Waals surface area contributed by atoms with Crippen molar-refractivity contribution in [1.29, 1.82) is 0 Å². The highest BCUT2D eigenvalue weighted by Gasteiger charge is 2.28. The first-order valence-electron chi connectivity index (χ1n) is 5.53. The first-order valence-corrected chi connectivity index (χ1v) is 6.92. The van der Waals surface area contributed by atoms with E-state index >= 15 is 0 Å². The molecule has 1 aliphatic heterocycles. The summed E-state index contributed by atoms with van der Waals surface area (Å²) in [7, 11) is -0.111. The average Bonchev–Trinajstić information content (AvgIpc) is 2.16. The summed E-state index contributed by atoms with van der Waals surface area (Å²) in [5, 5.41) is 0. The van der Waals surface area contributed by atoms with Gasteiger partial charge < -0.3 is 0 Å². The Balaban J connectivity index is 2.80. The topological polar surface area (TPSA) is 40.6 Å². The normalized spacial score (nSPS) is 20.0. The minimum Gasteiger partial charge on any atom is -0.195 e. The molecule has 0 saturated heterocycles. The van der Waals surface area contributed by atoms with Gasteiger partial charge in [0.2, 0.25) is 0 Å². The lowest BCUT2D eigenvalue weighted by atomic mass is 9.83. The lowest BCUT2D eigenvalue weighted by Crippen LogP contribution is -2.42. The van der Waals surface area contributed by atoms with E-state index in [0.29, 0.717) is 13.1 Å². The summed E-state index contributed by atoms with van der Waals surface area (Å²) in [5.74, 6) is 0. The summed E-state index contributed by atoms with van der Waals surface area (Å²) in [6.07, 6.45) is 2.88. The van der Waals surface area contributed by atoms with Gasteiger partial charge in [0.1, 0.15) is 0 Å². The van der Waals surface area contributed by atoms with E-state index in [1.54, 1.807) is 14.1 Å². The summed E-state index contributed by atoms with van der Waals surface area (Å²) in [6.45, 7) is 7.57. The van der Waals surface area contributed by atoms with Crippen LogP contribution in [0.3, 0.4) is 0 Å². The second-order valence-corrected chi connectivity index (χ2v) is 7.52. The molecule has 0 amide bonds. The van der Waals surface area contributed by atoms with Crippen LogP contribution >= 0.6 is 0 Å². The van der Waals surface area contributed by atoms with Gasteiger partial charge in [-0.1, -0.05) is 32.4 Å². The van der Waals surface area contributed by atoms with Crippen molar-refractivity contribution < 1.29 is 8.42 Å². The van der Waals surface area contributed by atoms with E-state index in [9.17, 15) is 8.42 Å². The van der Waals surface area contributed by atoms with Gasteiger partial charge in [-0.25, -0.2) is 0 Å². The molecule has 16 heavy (non-hydrogen) atoms. The van der Waals surface area contributed by atoms with Gasteiger partial charge in [-0.3, -0.25) is 0 Å². The van der Waals surface area contributed by atoms with Crippen LogP contribution in [-0.2, 0) is 10.2 Å². The Hall–Kier alpha value is -0.390. The van der Waals surface area contributed by atoms with Crippen molar-refractivity contribution in [2.45, 2.75) is 27.2 Å². The summed E-state index contributed by atoms with van der Waals surface area (Å²) in [4.78, 5) is 0. The summed E-state index contributed by atoms with van der Waals surface area (Å²) >= 11 is 0. The quantitative estimate of drug-likeness (QED) is 0.692. The maximum Gasteiger partial charge on any atom is 0.281 e. The lowest BCUT2D eigenvalue weighted by molar-refractivity contribution is 0.365. The smallest absolute Gasteiger partial charge is 0.195 e. The van der Waals surface area contributed by atoms with Gasteiger partial charge in [0.05, 0.1) is 0 Å². The minimum atomic E-state index is -3.25. The Bertz CT molecular complexity index is 377. The van der Waals surface area contributed by atoms with Gasteiger partial charge in [-0.15, -0.1) is 0 Å². The first-order chi connectivity index (χ1) is 7.15. The molecule has 0 radical (unpaired) electrons. The van der Waals surface area contributed by atoms with Crippen molar-refractivity contribution in [3.63, 3.8) is 0 Å². The highest BCUT2D eigenvalue weighted by atomic mass is 32.2. The summed E-state index contributed by atoms with van der Waals surface area (Å²) < 4.78 is 26.5. The SMILES string of the molecule is CN(C)S(=O)(=O)N1CC=C(C(C)(C)C)CC1. The molecule has 0 bridgehead atoms. The third-order valence-corrected chi connectivity index (χ3v) is 4.83. The zero-order chi connectivity index (χ0) is 12.6. The van der Waals surface area contributed by atoms with Crippen molar-refractivity contribution in [1.82, 2.24) is 8.61 Å². The highest BCUT2D eigenvalue weighted by Crippen LogP contribution is 2.30. The fraction of sp³-hybridized carbons (Fsp3) is 0.818. The number of rotatable bonds is 2. The second kappa shape index (κ2) is 4.47. The van der Waals surface area contributed by atoms with E-state index in [0.717, 1.165) is 6.42 Å². The third-order valence-electron chi connectivity index (χ3n) is 2.92. The van der Waals surface area contributed by atoms with Crippen molar-refractivity contribution in [3.8, 4) is 0 Å². The zero-order valence-corrected chi connectivity index (χ0v) is 11.6. The van der Waals surface area contributed by atoms with Crippen LogP contribution in [-0.4, -0.2) is 44.2 Å². The van der Waals surface area contributed by atoms with Crippen LogP contribution < -0.4 is 0 Å².